The SMILES string of the molecule is [2H]c1c([2H])c([2H])c(-c2c([2H])c([2H])c(-c3c4c([2H])c([2H])c([2H])c([2H])c4c(-c4c([2H])c([2H])c([2H])c5oc6c7c([2H])c([2H])c([2H])c([2H])c7c([2H])c([2H])c6c45)c4c([2H])c([2H])c([2H])c([2H])c34)c([2H])c2[2H])c([2H])c1[2H].[2H]c1c([2H])c([2H])c(-c2c([2H])c([2H])c([2H])c(-c3c4c([2H])c([2H])c([2H])c([2H])c4c(-c4c([2H])c([2H])c([2H])c5oc6c7c([2H])c([2H])c([2H])c([2H])c7c([2H])c([2H])c6c45)c4c([2H])c([2H])c([2H])c([2H])c34)c2[2H])c([2H])c1[2H].[2H]c1c([2H])c([2H])c(-c2c([2H])c([2H])c([2H])c([2H])c2-c2c3c([2H])c([2H])c([2H])c([2H])c3c(-c3c([2H])c([2H])c([2H])c4oc5c6c([2H])c([2H])c([2H])c([2H])c6c([2H])c([2H])c5c34)c3c([2H])c([2H])c([2H])c([2H])c23)c([2H])c1[2H]. The fraction of sp³-hybridized carbons (Fsp3) is 0. The third-order valence-corrected chi connectivity index (χ3v) is 21.1. The second-order valence-electron chi connectivity index (χ2n) is 27.8. The number of hydrogen-bond acceptors (Lipinski definition) is 3. The van der Waals surface area contributed by atoms with Gasteiger partial charge >= 0.3 is 0 Å². The van der Waals surface area contributed by atoms with E-state index in [4.69, 9.17) is 84.5 Å². The smallest absolute Gasteiger partial charge is 0.143 e. The lowest BCUT2D eigenvalue weighted by molar-refractivity contribution is 0.672. The molecule has 0 fully saturated rings. The molecule has 129 heavy (non-hydrogen) atoms. The predicted octanol–water partition coefficient (Wildman–Crippen LogP) is 36.1. The van der Waals surface area contributed by atoms with Crippen LogP contribution in [0, 0.1) is 0 Å². The van der Waals surface area contributed by atoms with Gasteiger partial charge in [-0.05, 0) is 223 Å². The zero-order chi connectivity index (χ0) is 153. The topological polar surface area (TPSA) is 39.4 Å². The van der Waals surface area contributed by atoms with Gasteiger partial charge in [-0.25, -0.2) is 0 Å². The van der Waals surface area contributed by atoms with Crippen molar-refractivity contribution in [3.8, 4) is 100 Å². The van der Waals surface area contributed by atoms with Gasteiger partial charge in [-0.2, -0.15) is 0 Å². The molecule has 600 valence electrons. The van der Waals surface area contributed by atoms with Crippen LogP contribution in [0.2, 0.25) is 0 Å². The van der Waals surface area contributed by atoms with Crippen molar-refractivity contribution in [1.82, 2.24) is 0 Å². The van der Waals surface area contributed by atoms with Crippen molar-refractivity contribution in [1.29, 1.82) is 0 Å². The maximum Gasteiger partial charge on any atom is 0.143 e. The molecule has 3 heterocycles. The molecule has 0 unspecified atom stereocenters. The van der Waals surface area contributed by atoms with Gasteiger partial charge in [0.15, 0.2) is 0 Å². The number of furan rings is 3. The van der Waals surface area contributed by atoms with Crippen LogP contribution in [0.3, 0.4) is 0 Å². The number of hydrogen-bond donors (Lipinski definition) is 0. The summed E-state index contributed by atoms with van der Waals surface area (Å²) < 4.78 is 714. The van der Waals surface area contributed by atoms with Crippen LogP contribution in [0.4, 0.5) is 0 Å². The molecule has 27 rings (SSSR count). The highest BCUT2D eigenvalue weighted by Gasteiger charge is 2.27. The molecule has 0 saturated heterocycles. The summed E-state index contributed by atoms with van der Waals surface area (Å²) in [5.74, 6) is 0. The second kappa shape index (κ2) is 31.1. The molecular formula is C126H78O3. The Morgan fingerprint density at radius 2 is 0.364 bits per heavy atom. The van der Waals surface area contributed by atoms with Crippen LogP contribution in [-0.2, 0) is 0 Å². The molecule has 0 spiro atoms. The minimum atomic E-state index is -1.05. The number of fused-ring (bicyclic) bond motifs is 21. The van der Waals surface area contributed by atoms with Gasteiger partial charge in [0.25, 0.3) is 0 Å². The third-order valence-electron chi connectivity index (χ3n) is 21.1. The average molecular weight is 1720 g/mol. The lowest BCUT2D eigenvalue weighted by Crippen LogP contribution is -1.93. The fourth-order valence-corrected chi connectivity index (χ4v) is 15.8. The van der Waals surface area contributed by atoms with Crippen molar-refractivity contribution in [2.75, 3.05) is 0 Å². The lowest BCUT2D eigenvalue weighted by atomic mass is 9.83. The highest BCUT2D eigenvalue weighted by atomic mass is 16.3. The van der Waals surface area contributed by atoms with E-state index >= 15 is 0 Å². The first-order valence-corrected chi connectivity index (χ1v) is 38.0. The molecule has 3 aromatic heterocycles. The predicted molar refractivity (Wildman–Crippen MR) is 548 cm³/mol. The van der Waals surface area contributed by atoms with E-state index in [1.165, 1.54) is 0 Å². The van der Waals surface area contributed by atoms with Crippen LogP contribution in [-0.4, -0.2) is 0 Å². The van der Waals surface area contributed by atoms with E-state index in [2.05, 4.69) is 0 Å². The maximum absolute atomic E-state index is 9.61. The minimum absolute atomic E-state index is 0.444. The summed E-state index contributed by atoms with van der Waals surface area (Å²) in [4.78, 5) is 0. The highest BCUT2D eigenvalue weighted by molar-refractivity contribution is 6.32. The number of benzene rings is 24. The van der Waals surface area contributed by atoms with Gasteiger partial charge in [-0.3, -0.25) is 0 Å². The van der Waals surface area contributed by atoms with Gasteiger partial charge in [-0.15, -0.1) is 0 Å². The van der Waals surface area contributed by atoms with Crippen LogP contribution < -0.4 is 0 Å². The molecule has 0 amide bonds. The highest BCUT2D eigenvalue weighted by Crippen LogP contribution is 2.54. The monoisotopic (exact) mass is 1720 g/mol. The fourth-order valence-electron chi connectivity index (χ4n) is 15.8. The molecule has 0 atom stereocenters. The third kappa shape index (κ3) is 12.4. The second-order valence-corrected chi connectivity index (χ2v) is 27.8. The van der Waals surface area contributed by atoms with Crippen molar-refractivity contribution >= 4 is 163 Å². The summed E-state index contributed by atoms with van der Waals surface area (Å²) in [7, 11) is 0. The largest absolute Gasteiger partial charge is 0.455 e. The lowest BCUT2D eigenvalue weighted by Gasteiger charge is -2.20. The first-order chi connectivity index (χ1) is 96.5. The number of rotatable bonds is 9. The molecule has 0 aliphatic rings. The first kappa shape index (κ1) is 30.1. The van der Waals surface area contributed by atoms with Crippen LogP contribution in [0.15, 0.2) is 485 Å². The summed E-state index contributed by atoms with van der Waals surface area (Å²) in [6, 6.07) is -71.9. The molecule has 0 aliphatic heterocycles. The van der Waals surface area contributed by atoms with Gasteiger partial charge in [0.05, 0.1) is 107 Å². The van der Waals surface area contributed by atoms with E-state index in [-0.39, 0.29) is 0 Å². The Labute approximate surface area is 853 Å². The summed E-state index contributed by atoms with van der Waals surface area (Å²) in [6.07, 6.45) is 0. The van der Waals surface area contributed by atoms with Crippen molar-refractivity contribution in [3.05, 3.63) is 471 Å². The van der Waals surface area contributed by atoms with Crippen LogP contribution in [0.25, 0.3) is 263 Å². The standard InChI is InChI=1S/3C42H26O/c1-2-12-27(13-3-1)29-15-10-16-30(26-29)39-32-18-6-8-20-34(32)40(35-21-9-7-19-33(35)39)36-22-11-23-38-41(36)37-25-24-28-14-4-5-17-31(28)42(37)43-38;1-2-11-27(12-3-1)28-21-23-30(24-22-28)39-32-15-6-8-17-34(32)40(35-18-9-7-16-33(35)39)36-19-10-20-38-41(36)37-26-25-29-13-4-5-14-31(29)42(37)43-38;1-2-13-27(14-3-1)29-16-6-7-18-31(29)39-32-19-8-10-21-34(32)40(35-22-11-9-20-33(35)39)36-23-12-24-38-41(36)37-26-25-28-15-4-5-17-30(28)42(37)43-38/h3*1-26H/i3*1D,2D,3D,4D,5D,6D,7D,8D,9D,10D,11D,12D,13D,14D,15D,16D,17D,18D,19D,20D,21D,22D,23D,24D,25D,26D. The molecule has 3 heteroatoms. The Balaban J connectivity index is 0.000000149. The quantitative estimate of drug-likeness (QED) is 0.135. The molecule has 3 nitrogen and oxygen atoms in total. The Kier molecular flexibility index (Phi) is 7.26. The van der Waals surface area contributed by atoms with E-state index in [0.717, 1.165) is 0 Å². The van der Waals surface area contributed by atoms with Crippen molar-refractivity contribution < 1.29 is 120 Å². The van der Waals surface area contributed by atoms with Crippen molar-refractivity contribution in [2.24, 2.45) is 0 Å². The Morgan fingerprint density at radius 1 is 0.132 bits per heavy atom. The average Bonchev–Trinajstić information content (AvgIpc) is 1.59. The summed E-state index contributed by atoms with van der Waals surface area (Å²) in [6.45, 7) is 0. The summed E-state index contributed by atoms with van der Waals surface area (Å²) >= 11 is 0. The van der Waals surface area contributed by atoms with Gasteiger partial charge < -0.3 is 13.3 Å². The van der Waals surface area contributed by atoms with Crippen LogP contribution in [0.5, 0.6) is 0 Å². The Hall–Kier alpha value is -17.0. The summed E-state index contributed by atoms with van der Waals surface area (Å²) in [5, 5.41) is -14.6. The molecule has 0 N–H and O–H groups in total. The van der Waals surface area contributed by atoms with Gasteiger partial charge in [-0.1, -0.05) is 429 Å². The molecule has 27 aromatic rings. The van der Waals surface area contributed by atoms with Crippen molar-refractivity contribution in [3.63, 3.8) is 0 Å². The molecule has 24 aromatic carbocycles. The summed E-state index contributed by atoms with van der Waals surface area (Å²) in [5.41, 5.74) is -17.1. The maximum atomic E-state index is 9.61. The minimum Gasteiger partial charge on any atom is -0.455 e. The normalized spacial score (nSPS) is 20.2. The molecule has 0 radical (unpaired) electrons. The molecule has 0 aliphatic carbocycles. The van der Waals surface area contributed by atoms with Crippen LogP contribution in [0.1, 0.15) is 107 Å². The Bertz CT molecular complexity index is 14000. The van der Waals surface area contributed by atoms with E-state index in [0.29, 0.717) is 0 Å². The molecule has 0 bridgehead atoms. The van der Waals surface area contributed by atoms with E-state index in [9.17, 15) is 35.6 Å². The van der Waals surface area contributed by atoms with Gasteiger partial charge in [0.2, 0.25) is 0 Å². The van der Waals surface area contributed by atoms with Crippen LogP contribution >= 0.6 is 0 Å². The molecule has 0 saturated carbocycles. The molecular weight excluding hydrogens is 1560 g/mol. The van der Waals surface area contributed by atoms with E-state index < -0.39 is 734 Å². The van der Waals surface area contributed by atoms with Gasteiger partial charge in [0.1, 0.15) is 33.5 Å². The first-order valence-electron chi connectivity index (χ1n) is 77.0. The zero-order valence-corrected chi connectivity index (χ0v) is 64.2. The van der Waals surface area contributed by atoms with E-state index in [1.807, 2.05) is 0 Å². The zero-order valence-electron chi connectivity index (χ0n) is 142. The van der Waals surface area contributed by atoms with Gasteiger partial charge in [0, 0.05) is 48.5 Å². The van der Waals surface area contributed by atoms with E-state index in [1.54, 1.807) is 0 Å². The Morgan fingerprint density at radius 3 is 0.721 bits per heavy atom. The van der Waals surface area contributed by atoms with Crippen molar-refractivity contribution in [2.45, 2.75) is 0 Å².